The minimum atomic E-state index is -0.681. The second-order valence-electron chi connectivity index (χ2n) is 6.22. The molecule has 0 atom stereocenters. The zero-order valence-electron chi connectivity index (χ0n) is 14.3. The Hall–Kier alpha value is -2.82. The summed E-state index contributed by atoms with van der Waals surface area (Å²) in [5.74, 6) is -0.234. The predicted molar refractivity (Wildman–Crippen MR) is 96.4 cm³/mol. The Balaban J connectivity index is 1.72. The Morgan fingerprint density at radius 1 is 0.960 bits per heavy atom. The van der Waals surface area contributed by atoms with Gasteiger partial charge in [-0.3, -0.25) is 4.79 Å². The fourth-order valence-corrected chi connectivity index (χ4v) is 3.38. The minimum Gasteiger partial charge on any atom is -0.468 e. The van der Waals surface area contributed by atoms with E-state index in [0.717, 1.165) is 11.3 Å². The molecule has 1 aliphatic heterocycles. The topological polar surface area (TPSA) is 58.6 Å². The van der Waals surface area contributed by atoms with E-state index in [-0.39, 0.29) is 12.0 Å². The van der Waals surface area contributed by atoms with E-state index < -0.39 is 5.41 Å². The Bertz CT molecular complexity index is 723. The fourth-order valence-electron chi connectivity index (χ4n) is 3.38. The monoisotopic (exact) mass is 338 g/mol. The van der Waals surface area contributed by atoms with Gasteiger partial charge in [-0.25, -0.2) is 4.79 Å². The molecular formula is C20H22N2O3. The van der Waals surface area contributed by atoms with Gasteiger partial charge in [-0.2, -0.15) is 0 Å². The highest BCUT2D eigenvalue weighted by Gasteiger charge is 2.44. The van der Waals surface area contributed by atoms with E-state index in [4.69, 9.17) is 4.74 Å². The van der Waals surface area contributed by atoms with Crippen LogP contribution in [0.4, 0.5) is 10.5 Å². The van der Waals surface area contributed by atoms with Crippen LogP contribution in [0.15, 0.2) is 60.7 Å². The number of piperidine rings is 1. The van der Waals surface area contributed by atoms with Gasteiger partial charge < -0.3 is 15.0 Å². The summed E-state index contributed by atoms with van der Waals surface area (Å²) in [4.78, 5) is 26.7. The number of carbonyl (C=O) groups is 2. The molecule has 2 amide bonds. The predicted octanol–water partition coefficient (Wildman–Crippen LogP) is 3.43. The first kappa shape index (κ1) is 17.0. The maximum absolute atomic E-state index is 12.5. The van der Waals surface area contributed by atoms with Gasteiger partial charge in [0.1, 0.15) is 0 Å². The number of urea groups is 1. The fraction of sp³-hybridized carbons (Fsp3) is 0.300. The number of para-hydroxylation sites is 1. The highest BCUT2D eigenvalue weighted by atomic mass is 16.5. The van der Waals surface area contributed by atoms with Gasteiger partial charge >= 0.3 is 12.0 Å². The van der Waals surface area contributed by atoms with Gasteiger partial charge in [0.05, 0.1) is 12.5 Å². The van der Waals surface area contributed by atoms with Crippen molar-refractivity contribution in [3.05, 3.63) is 66.2 Å². The van der Waals surface area contributed by atoms with Crippen molar-refractivity contribution in [3.63, 3.8) is 0 Å². The Morgan fingerprint density at radius 3 is 2.08 bits per heavy atom. The maximum Gasteiger partial charge on any atom is 0.321 e. The van der Waals surface area contributed by atoms with Crippen molar-refractivity contribution in [1.82, 2.24) is 4.90 Å². The van der Waals surface area contributed by atoms with E-state index in [2.05, 4.69) is 5.32 Å². The third-order valence-corrected chi connectivity index (χ3v) is 4.83. The van der Waals surface area contributed by atoms with E-state index in [1.54, 1.807) is 4.90 Å². The summed E-state index contributed by atoms with van der Waals surface area (Å²) in [7, 11) is 1.42. The number of carbonyl (C=O) groups excluding carboxylic acids is 2. The lowest BCUT2D eigenvalue weighted by molar-refractivity contribution is -0.149. The number of hydrogen-bond donors (Lipinski definition) is 1. The van der Waals surface area contributed by atoms with E-state index in [9.17, 15) is 9.59 Å². The third kappa shape index (κ3) is 3.50. The third-order valence-electron chi connectivity index (χ3n) is 4.83. The number of ether oxygens (including phenoxy) is 1. The average molecular weight is 338 g/mol. The van der Waals surface area contributed by atoms with Crippen LogP contribution in [-0.4, -0.2) is 37.1 Å². The van der Waals surface area contributed by atoms with Gasteiger partial charge in [-0.1, -0.05) is 48.5 Å². The van der Waals surface area contributed by atoms with Crippen LogP contribution < -0.4 is 5.32 Å². The molecule has 1 saturated heterocycles. The van der Waals surface area contributed by atoms with E-state index in [1.165, 1.54) is 7.11 Å². The maximum atomic E-state index is 12.5. The molecule has 25 heavy (non-hydrogen) atoms. The van der Waals surface area contributed by atoms with Crippen LogP contribution in [0.1, 0.15) is 18.4 Å². The molecule has 2 aromatic rings. The van der Waals surface area contributed by atoms with E-state index >= 15 is 0 Å². The summed E-state index contributed by atoms with van der Waals surface area (Å²) in [5, 5.41) is 2.89. The van der Waals surface area contributed by atoms with Gasteiger partial charge in [0.25, 0.3) is 0 Å². The average Bonchev–Trinajstić information content (AvgIpc) is 2.69. The normalized spacial score (nSPS) is 16.1. The summed E-state index contributed by atoms with van der Waals surface area (Å²) in [6.45, 7) is 1.01. The molecule has 0 unspecified atom stereocenters. The molecule has 0 saturated carbocycles. The van der Waals surface area contributed by atoms with E-state index in [0.29, 0.717) is 25.9 Å². The van der Waals surface area contributed by atoms with Crippen molar-refractivity contribution in [2.24, 2.45) is 0 Å². The quantitative estimate of drug-likeness (QED) is 0.872. The second-order valence-corrected chi connectivity index (χ2v) is 6.22. The summed E-state index contributed by atoms with van der Waals surface area (Å²) in [6.07, 6.45) is 1.10. The molecule has 1 N–H and O–H groups in total. The first-order valence-corrected chi connectivity index (χ1v) is 8.41. The Kier molecular flexibility index (Phi) is 5.03. The van der Waals surface area contributed by atoms with E-state index in [1.807, 2.05) is 60.7 Å². The molecule has 5 nitrogen and oxygen atoms in total. The largest absolute Gasteiger partial charge is 0.468 e. The number of amides is 2. The molecule has 130 valence electrons. The second kappa shape index (κ2) is 7.38. The molecule has 3 rings (SSSR count). The summed E-state index contributed by atoms with van der Waals surface area (Å²) in [5.41, 5.74) is 1.03. The van der Waals surface area contributed by atoms with Gasteiger partial charge in [-0.15, -0.1) is 0 Å². The number of anilines is 1. The number of hydrogen-bond acceptors (Lipinski definition) is 3. The van der Waals surface area contributed by atoms with Crippen molar-refractivity contribution in [1.29, 1.82) is 0 Å². The summed E-state index contributed by atoms with van der Waals surface area (Å²) < 4.78 is 5.08. The lowest BCUT2D eigenvalue weighted by Gasteiger charge is -2.40. The summed E-state index contributed by atoms with van der Waals surface area (Å²) >= 11 is 0. The van der Waals surface area contributed by atoms with Gasteiger partial charge in [-0.05, 0) is 30.5 Å². The van der Waals surface area contributed by atoms with Crippen molar-refractivity contribution in [2.45, 2.75) is 18.3 Å². The first-order chi connectivity index (χ1) is 12.2. The first-order valence-electron chi connectivity index (χ1n) is 8.41. The van der Waals surface area contributed by atoms with Crippen molar-refractivity contribution in [3.8, 4) is 0 Å². The Morgan fingerprint density at radius 2 is 1.52 bits per heavy atom. The lowest BCUT2D eigenvalue weighted by atomic mass is 9.73. The number of nitrogens with one attached hydrogen (secondary N) is 1. The van der Waals surface area contributed by atoms with Gasteiger partial charge in [0, 0.05) is 18.8 Å². The SMILES string of the molecule is COC(=O)C1(c2ccccc2)CCN(C(=O)Nc2ccccc2)CC1. The highest BCUT2D eigenvalue weighted by Crippen LogP contribution is 2.36. The van der Waals surface area contributed by atoms with Gasteiger partial charge in [0.15, 0.2) is 0 Å². The number of likely N-dealkylation sites (tertiary alicyclic amines) is 1. The lowest BCUT2D eigenvalue weighted by Crippen LogP contribution is -2.50. The van der Waals surface area contributed by atoms with Gasteiger partial charge in [0.2, 0.25) is 0 Å². The molecule has 5 heteroatoms. The minimum absolute atomic E-state index is 0.141. The van der Waals surface area contributed by atoms with Crippen LogP contribution in [0.5, 0.6) is 0 Å². The van der Waals surface area contributed by atoms with Crippen LogP contribution in [0.3, 0.4) is 0 Å². The standard InChI is InChI=1S/C20H22N2O3/c1-25-18(23)20(16-8-4-2-5-9-16)12-14-22(15-13-20)19(24)21-17-10-6-3-7-11-17/h2-11H,12-15H2,1H3,(H,21,24). The molecule has 1 heterocycles. The molecule has 0 aliphatic carbocycles. The smallest absolute Gasteiger partial charge is 0.321 e. The molecule has 1 aliphatic rings. The van der Waals surface area contributed by atoms with Crippen LogP contribution >= 0.6 is 0 Å². The van der Waals surface area contributed by atoms with Crippen LogP contribution in [0.2, 0.25) is 0 Å². The summed E-state index contributed by atoms with van der Waals surface area (Å²) in [6, 6.07) is 18.9. The highest BCUT2D eigenvalue weighted by molar-refractivity contribution is 5.90. The number of rotatable bonds is 3. The molecule has 0 aromatic heterocycles. The molecule has 0 spiro atoms. The van der Waals surface area contributed by atoms with Crippen molar-refractivity contribution in [2.75, 3.05) is 25.5 Å². The van der Waals surface area contributed by atoms with Crippen LogP contribution in [0.25, 0.3) is 0 Å². The molecule has 1 fully saturated rings. The zero-order chi connectivity index (χ0) is 17.7. The Labute approximate surface area is 147 Å². The molecule has 2 aromatic carbocycles. The van der Waals surface area contributed by atoms with Crippen molar-refractivity contribution >= 4 is 17.7 Å². The van der Waals surface area contributed by atoms with Crippen LogP contribution in [-0.2, 0) is 14.9 Å². The zero-order valence-corrected chi connectivity index (χ0v) is 14.3. The molecule has 0 radical (unpaired) electrons. The number of nitrogens with zero attached hydrogens (tertiary/aromatic N) is 1. The number of esters is 1. The molecular weight excluding hydrogens is 316 g/mol. The van der Waals surface area contributed by atoms with Crippen molar-refractivity contribution < 1.29 is 14.3 Å². The molecule has 0 bridgehead atoms. The number of methoxy groups -OCH3 is 1. The van der Waals surface area contributed by atoms with Crippen LogP contribution in [0, 0.1) is 0 Å². The number of benzene rings is 2.